The van der Waals surface area contributed by atoms with E-state index >= 15 is 0 Å². The first kappa shape index (κ1) is 42.1. The van der Waals surface area contributed by atoms with Gasteiger partial charge in [-0.3, -0.25) is 14.4 Å². The van der Waals surface area contributed by atoms with Crippen LogP contribution in [-0.4, -0.2) is 103 Å². The summed E-state index contributed by atoms with van der Waals surface area (Å²) in [5, 5.41) is 38.2. The maximum atomic E-state index is 14.3. The molecule has 63 heavy (non-hydrogen) atoms. The van der Waals surface area contributed by atoms with Crippen LogP contribution in [0.2, 0.25) is 0 Å². The first-order chi connectivity index (χ1) is 30.4. The van der Waals surface area contributed by atoms with E-state index in [-0.39, 0.29) is 60.2 Å². The summed E-state index contributed by atoms with van der Waals surface area (Å²) >= 11 is 1.59. The van der Waals surface area contributed by atoms with Gasteiger partial charge in [-0.2, -0.15) is 0 Å². The maximum absolute atomic E-state index is 14.3. The van der Waals surface area contributed by atoms with Gasteiger partial charge in [0.2, 0.25) is 17.7 Å². The summed E-state index contributed by atoms with van der Waals surface area (Å²) in [7, 11) is 0. The van der Waals surface area contributed by atoms with Crippen LogP contribution in [0, 0.1) is 18.8 Å². The van der Waals surface area contributed by atoms with E-state index in [4.69, 9.17) is 4.52 Å². The number of aliphatic hydroxyl groups is 1. The van der Waals surface area contributed by atoms with Crippen LogP contribution >= 0.6 is 11.3 Å². The number of para-hydroxylation sites is 1. The number of aliphatic hydroxyl groups excluding tert-OH is 1. The van der Waals surface area contributed by atoms with E-state index in [0.717, 1.165) is 38.2 Å². The molecule has 0 unspecified atom stereocenters. The summed E-state index contributed by atoms with van der Waals surface area (Å²) in [4.78, 5) is 52.6. The van der Waals surface area contributed by atoms with Crippen molar-refractivity contribution in [2.24, 2.45) is 11.8 Å². The van der Waals surface area contributed by atoms with Crippen LogP contribution in [0.4, 0.5) is 5.82 Å². The Balaban J connectivity index is 0.780. The van der Waals surface area contributed by atoms with Crippen molar-refractivity contribution >= 4 is 45.8 Å². The molecule has 3 aliphatic rings. The standard InChI is InChI=1S/C48H52N8O6S/c1-27(2)44(48(61)56-25-36(57)21-40(56)46(59)50-28(3)30-9-11-31(12-10-30)45-29(4)49-26-63-45)42-22-43(53-62-42)54-17-15-32(16-18-54)47(60)55-23-35(24-55)33-13-14-34-20-39(52-51-38(34)19-33)37-7-5-6-8-41(37)58/h5-14,19-20,22,26-28,32,35-36,40,44,57-58H,15-18,21,23-25H2,1-4H3,(H,50,59)/t28-,36+,40-,44+/m0/s1. The molecule has 3 amide bonds. The van der Waals surface area contributed by atoms with Crippen molar-refractivity contribution in [2.75, 3.05) is 37.6 Å². The number of fused-ring (bicyclic) bond motifs is 1. The molecule has 4 atom stereocenters. The average Bonchev–Trinajstić information content (AvgIpc) is 4.03. The zero-order chi connectivity index (χ0) is 43.9. The van der Waals surface area contributed by atoms with Crippen molar-refractivity contribution in [2.45, 2.75) is 77.0 Å². The number of β-amino-alcohol motifs (C(OH)–C–C–N with tert-alkyl or cyclic N) is 1. The molecule has 15 heteroatoms. The van der Waals surface area contributed by atoms with Gasteiger partial charge in [-0.25, -0.2) is 4.98 Å². The lowest BCUT2D eigenvalue weighted by molar-refractivity contribution is -0.141. The molecule has 326 valence electrons. The van der Waals surface area contributed by atoms with Crippen LogP contribution in [-0.2, 0) is 14.4 Å². The molecule has 3 aliphatic heterocycles. The van der Waals surface area contributed by atoms with E-state index in [1.165, 1.54) is 4.90 Å². The number of anilines is 1. The van der Waals surface area contributed by atoms with Gasteiger partial charge in [-0.15, -0.1) is 21.5 Å². The number of aromatic hydroxyl groups is 1. The van der Waals surface area contributed by atoms with E-state index in [9.17, 15) is 24.6 Å². The number of rotatable bonds is 11. The monoisotopic (exact) mass is 868 g/mol. The second-order valence-electron chi connectivity index (χ2n) is 17.6. The van der Waals surface area contributed by atoms with Crippen molar-refractivity contribution in [1.82, 2.24) is 35.5 Å². The molecule has 0 aliphatic carbocycles. The third kappa shape index (κ3) is 8.51. The Kier molecular flexibility index (Phi) is 11.7. The van der Waals surface area contributed by atoms with Gasteiger partial charge < -0.3 is 34.8 Å². The minimum absolute atomic E-state index is 0.0530. The Labute approximate surface area is 369 Å². The van der Waals surface area contributed by atoms with Crippen LogP contribution in [0.5, 0.6) is 5.75 Å². The van der Waals surface area contributed by atoms with Gasteiger partial charge in [0.1, 0.15) is 17.7 Å². The number of phenols is 1. The fraction of sp³-hybridized carbons (Fsp3) is 0.396. The second-order valence-corrected chi connectivity index (χ2v) is 18.4. The van der Waals surface area contributed by atoms with Crippen LogP contribution in [0.25, 0.3) is 32.6 Å². The molecule has 3 aromatic carbocycles. The number of aryl methyl sites for hydroxylation is 1. The summed E-state index contributed by atoms with van der Waals surface area (Å²) < 4.78 is 5.86. The normalized spacial score (nSPS) is 19.4. The molecule has 0 saturated carbocycles. The molecule has 0 radical (unpaired) electrons. The zero-order valence-electron chi connectivity index (χ0n) is 35.8. The number of nitrogens with one attached hydrogen (secondary N) is 1. The lowest BCUT2D eigenvalue weighted by Crippen LogP contribution is -2.52. The van der Waals surface area contributed by atoms with Gasteiger partial charge in [0, 0.05) is 68.0 Å². The number of likely N-dealkylation sites (tertiary alicyclic amines) is 2. The van der Waals surface area contributed by atoms with E-state index in [1.807, 2.05) is 98.8 Å². The van der Waals surface area contributed by atoms with Crippen molar-refractivity contribution in [1.29, 1.82) is 0 Å². The van der Waals surface area contributed by atoms with E-state index in [0.29, 0.717) is 61.9 Å². The van der Waals surface area contributed by atoms with Crippen LogP contribution in [0.3, 0.4) is 0 Å². The quantitative estimate of drug-likeness (QED) is 0.124. The SMILES string of the molecule is Cc1ncsc1-c1ccc([C@H](C)NC(=O)[C@@H]2C[C@@H](O)CN2C(=O)[C@@H](c2cc(N3CCC(C(=O)N4CC(c5ccc6cc(-c7ccccc7O)nnc6c5)C4)CC3)no2)C(C)C)cc1. The third-order valence-corrected chi connectivity index (χ3v) is 14.0. The smallest absolute Gasteiger partial charge is 0.243 e. The number of hydrogen-bond acceptors (Lipinski definition) is 12. The van der Waals surface area contributed by atoms with Crippen molar-refractivity contribution in [3.8, 4) is 27.4 Å². The average molecular weight is 869 g/mol. The number of benzene rings is 3. The third-order valence-electron chi connectivity index (χ3n) is 13.0. The molecule has 6 heterocycles. The number of nitrogens with zero attached hydrogens (tertiary/aromatic N) is 7. The summed E-state index contributed by atoms with van der Waals surface area (Å²) in [6.07, 6.45) is 0.674. The molecular weight excluding hydrogens is 817 g/mol. The zero-order valence-corrected chi connectivity index (χ0v) is 36.7. The van der Waals surface area contributed by atoms with Gasteiger partial charge in [-0.05, 0) is 73.6 Å². The lowest BCUT2D eigenvalue weighted by Gasteiger charge is -2.43. The van der Waals surface area contributed by atoms with Crippen molar-refractivity contribution < 1.29 is 29.1 Å². The number of thiazole rings is 1. The minimum atomic E-state index is -0.830. The molecule has 3 N–H and O–H groups in total. The Morgan fingerprint density at radius 1 is 0.921 bits per heavy atom. The Hall–Kier alpha value is -6.19. The van der Waals surface area contributed by atoms with Gasteiger partial charge in [0.25, 0.3) is 0 Å². The highest BCUT2D eigenvalue weighted by Crippen LogP contribution is 2.37. The predicted octanol–water partition coefficient (Wildman–Crippen LogP) is 6.84. The summed E-state index contributed by atoms with van der Waals surface area (Å²) in [6.45, 7) is 10.4. The highest BCUT2D eigenvalue weighted by Gasteiger charge is 2.44. The van der Waals surface area contributed by atoms with Gasteiger partial charge >= 0.3 is 0 Å². The molecular formula is C48H52N8O6S. The predicted molar refractivity (Wildman–Crippen MR) is 240 cm³/mol. The number of amides is 3. The summed E-state index contributed by atoms with van der Waals surface area (Å²) in [6, 6.07) is 23.9. The number of hydrogen-bond donors (Lipinski definition) is 3. The molecule has 3 aromatic heterocycles. The fourth-order valence-corrected chi connectivity index (χ4v) is 10.1. The lowest BCUT2D eigenvalue weighted by atomic mass is 9.87. The number of aromatic nitrogens is 4. The number of carbonyl (C=O) groups excluding carboxylic acids is 3. The maximum Gasteiger partial charge on any atom is 0.243 e. The Morgan fingerprint density at radius 3 is 2.40 bits per heavy atom. The summed E-state index contributed by atoms with van der Waals surface area (Å²) in [5.74, 6) is 0.0216. The van der Waals surface area contributed by atoms with E-state index < -0.39 is 18.1 Å². The summed E-state index contributed by atoms with van der Waals surface area (Å²) in [5.41, 5.74) is 7.95. The van der Waals surface area contributed by atoms with Crippen molar-refractivity contribution in [3.05, 3.63) is 107 Å². The number of carbonyl (C=O) groups is 3. The highest BCUT2D eigenvalue weighted by atomic mass is 32.1. The minimum Gasteiger partial charge on any atom is -0.507 e. The Morgan fingerprint density at radius 2 is 1.68 bits per heavy atom. The largest absolute Gasteiger partial charge is 0.507 e. The first-order valence-electron chi connectivity index (χ1n) is 21.8. The molecule has 3 fully saturated rings. The highest BCUT2D eigenvalue weighted by molar-refractivity contribution is 7.13. The number of piperidine rings is 1. The van der Waals surface area contributed by atoms with Crippen LogP contribution < -0.4 is 10.2 Å². The van der Waals surface area contributed by atoms with Gasteiger partial charge in [0.05, 0.1) is 39.4 Å². The molecule has 0 bridgehead atoms. The van der Waals surface area contributed by atoms with Crippen molar-refractivity contribution in [3.63, 3.8) is 0 Å². The van der Waals surface area contributed by atoms with Crippen LogP contribution in [0.15, 0.2) is 88.9 Å². The van der Waals surface area contributed by atoms with E-state index in [2.05, 4.69) is 36.6 Å². The molecule has 6 aromatic rings. The number of phenolic OH excluding ortho intramolecular Hbond substituents is 1. The second kappa shape index (κ2) is 17.5. The Bertz CT molecular complexity index is 2630. The topological polar surface area (TPSA) is 178 Å². The molecule has 9 rings (SSSR count). The molecule has 3 saturated heterocycles. The van der Waals surface area contributed by atoms with Gasteiger partial charge in [0.15, 0.2) is 11.6 Å². The first-order valence-corrected chi connectivity index (χ1v) is 22.6. The fourth-order valence-electron chi connectivity index (χ4n) is 9.30. The molecule has 0 spiro atoms. The van der Waals surface area contributed by atoms with Gasteiger partial charge in [-0.1, -0.05) is 67.5 Å². The molecule has 14 nitrogen and oxygen atoms in total. The van der Waals surface area contributed by atoms with Crippen LogP contribution in [0.1, 0.15) is 80.5 Å². The van der Waals surface area contributed by atoms with E-state index in [1.54, 1.807) is 23.5 Å².